The van der Waals surface area contributed by atoms with Crippen LogP contribution in [0.15, 0.2) is 12.3 Å². The van der Waals surface area contributed by atoms with E-state index in [1.54, 1.807) is 12.3 Å². The van der Waals surface area contributed by atoms with Crippen molar-refractivity contribution in [1.82, 2.24) is 10.3 Å². The summed E-state index contributed by atoms with van der Waals surface area (Å²) in [7, 11) is 1.82. The van der Waals surface area contributed by atoms with Crippen molar-refractivity contribution in [2.24, 2.45) is 11.8 Å². The van der Waals surface area contributed by atoms with Gasteiger partial charge in [0.25, 0.3) is 0 Å². The summed E-state index contributed by atoms with van der Waals surface area (Å²) in [4.78, 5) is 6.25. The van der Waals surface area contributed by atoms with E-state index >= 15 is 0 Å². The smallest absolute Gasteiger partial charge is 0.170 e. The van der Waals surface area contributed by atoms with Gasteiger partial charge in [-0.3, -0.25) is 0 Å². The monoisotopic (exact) mass is 237 g/mol. The summed E-state index contributed by atoms with van der Waals surface area (Å²) in [6.07, 6.45) is 1.69. The molecule has 1 N–H and O–H groups in total. The van der Waals surface area contributed by atoms with Gasteiger partial charge in [0.15, 0.2) is 11.6 Å². The number of nitrogens with zero attached hydrogens (tertiary/aromatic N) is 2. The van der Waals surface area contributed by atoms with Crippen molar-refractivity contribution in [2.45, 2.75) is 20.4 Å². The Bertz CT molecular complexity index is 384. The maximum absolute atomic E-state index is 14.2. The molecule has 0 spiro atoms. The van der Waals surface area contributed by atoms with Crippen LogP contribution < -0.4 is 10.2 Å². The Kier molecular flexibility index (Phi) is 3.62. The summed E-state index contributed by atoms with van der Waals surface area (Å²) in [6.45, 7) is 6.75. The van der Waals surface area contributed by atoms with Crippen LogP contribution in [0.25, 0.3) is 0 Å². The first-order valence-electron chi connectivity index (χ1n) is 6.16. The molecule has 2 heterocycles. The minimum atomic E-state index is -0.178. The third-order valence-electron chi connectivity index (χ3n) is 3.61. The van der Waals surface area contributed by atoms with E-state index in [9.17, 15) is 4.39 Å². The molecule has 0 saturated carbocycles. The summed E-state index contributed by atoms with van der Waals surface area (Å²) >= 11 is 0. The minimum Gasteiger partial charge on any atom is -0.354 e. The number of rotatable bonds is 3. The molecule has 4 heteroatoms. The molecule has 2 unspecified atom stereocenters. The van der Waals surface area contributed by atoms with E-state index < -0.39 is 0 Å². The average Bonchev–Trinajstić information content (AvgIpc) is 2.62. The molecule has 0 aliphatic carbocycles. The summed E-state index contributed by atoms with van der Waals surface area (Å²) in [5, 5.41) is 2.97. The number of anilines is 1. The number of hydrogen-bond donors (Lipinski definition) is 1. The van der Waals surface area contributed by atoms with Crippen molar-refractivity contribution < 1.29 is 4.39 Å². The summed E-state index contributed by atoms with van der Waals surface area (Å²) < 4.78 is 14.2. The van der Waals surface area contributed by atoms with Gasteiger partial charge in [-0.1, -0.05) is 13.8 Å². The fourth-order valence-corrected chi connectivity index (χ4v) is 2.32. The van der Waals surface area contributed by atoms with E-state index in [-0.39, 0.29) is 5.82 Å². The standard InChI is InChI=1S/C13H20FN3/c1-9-7-17(8-10(9)2)13-12(14)11(6-15-3)4-5-16-13/h4-5,9-10,15H,6-8H2,1-3H3. The van der Waals surface area contributed by atoms with Crippen LogP contribution in [0, 0.1) is 17.7 Å². The maximum atomic E-state index is 14.2. The predicted octanol–water partition coefficient (Wildman–Crippen LogP) is 2.03. The Morgan fingerprint density at radius 1 is 1.41 bits per heavy atom. The Hall–Kier alpha value is -1.16. The number of pyridine rings is 1. The van der Waals surface area contributed by atoms with Gasteiger partial charge in [-0.2, -0.15) is 0 Å². The molecule has 1 fully saturated rings. The molecule has 1 aromatic rings. The van der Waals surface area contributed by atoms with Crippen molar-refractivity contribution in [3.05, 3.63) is 23.6 Å². The third-order valence-corrected chi connectivity index (χ3v) is 3.61. The second-order valence-electron chi connectivity index (χ2n) is 5.00. The van der Waals surface area contributed by atoms with Gasteiger partial charge in [0, 0.05) is 31.4 Å². The van der Waals surface area contributed by atoms with E-state index in [0.717, 1.165) is 13.1 Å². The van der Waals surface area contributed by atoms with Gasteiger partial charge >= 0.3 is 0 Å². The van der Waals surface area contributed by atoms with Gasteiger partial charge in [-0.05, 0) is 24.9 Å². The molecule has 0 amide bonds. The average molecular weight is 237 g/mol. The lowest BCUT2D eigenvalue weighted by Crippen LogP contribution is -2.23. The van der Waals surface area contributed by atoms with Gasteiger partial charge in [-0.15, -0.1) is 0 Å². The Morgan fingerprint density at radius 2 is 2.06 bits per heavy atom. The molecular weight excluding hydrogens is 217 g/mol. The van der Waals surface area contributed by atoms with Gasteiger partial charge in [0.1, 0.15) is 0 Å². The third kappa shape index (κ3) is 2.41. The summed E-state index contributed by atoms with van der Waals surface area (Å²) in [5.74, 6) is 1.53. The fourth-order valence-electron chi connectivity index (χ4n) is 2.32. The van der Waals surface area contributed by atoms with Crippen LogP contribution in [0.4, 0.5) is 10.2 Å². The SMILES string of the molecule is CNCc1ccnc(N2CC(C)C(C)C2)c1F. The lowest BCUT2D eigenvalue weighted by atomic mass is 10.0. The highest BCUT2D eigenvalue weighted by molar-refractivity contribution is 5.44. The molecule has 0 bridgehead atoms. The highest BCUT2D eigenvalue weighted by Gasteiger charge is 2.28. The van der Waals surface area contributed by atoms with E-state index in [0.29, 0.717) is 29.8 Å². The molecule has 0 radical (unpaired) electrons. The highest BCUT2D eigenvalue weighted by Crippen LogP contribution is 2.28. The number of aromatic nitrogens is 1. The number of halogens is 1. The van der Waals surface area contributed by atoms with Gasteiger partial charge in [0.05, 0.1) is 0 Å². The van der Waals surface area contributed by atoms with Crippen LogP contribution >= 0.6 is 0 Å². The zero-order valence-corrected chi connectivity index (χ0v) is 10.7. The van der Waals surface area contributed by atoms with Crippen molar-refractivity contribution in [3.8, 4) is 0 Å². The molecule has 2 atom stereocenters. The van der Waals surface area contributed by atoms with Gasteiger partial charge in [0.2, 0.25) is 0 Å². The lowest BCUT2D eigenvalue weighted by Gasteiger charge is -2.18. The first-order chi connectivity index (χ1) is 8.13. The Balaban J connectivity index is 2.24. The van der Waals surface area contributed by atoms with Crippen LogP contribution in [0.1, 0.15) is 19.4 Å². The van der Waals surface area contributed by atoms with Gasteiger partial charge < -0.3 is 10.2 Å². The molecule has 0 aromatic carbocycles. The number of nitrogens with one attached hydrogen (secondary N) is 1. The molecule has 2 rings (SSSR count). The van der Waals surface area contributed by atoms with Crippen LogP contribution in [0.5, 0.6) is 0 Å². The van der Waals surface area contributed by atoms with Crippen molar-refractivity contribution in [2.75, 3.05) is 25.0 Å². The Morgan fingerprint density at radius 3 is 2.65 bits per heavy atom. The first kappa shape index (κ1) is 12.3. The number of hydrogen-bond acceptors (Lipinski definition) is 3. The maximum Gasteiger partial charge on any atom is 0.170 e. The topological polar surface area (TPSA) is 28.2 Å². The molecule has 3 nitrogen and oxygen atoms in total. The van der Waals surface area contributed by atoms with Crippen LogP contribution in [0.3, 0.4) is 0 Å². The van der Waals surface area contributed by atoms with Crippen LogP contribution in [0.2, 0.25) is 0 Å². The van der Waals surface area contributed by atoms with E-state index in [2.05, 4.69) is 29.0 Å². The molecule has 1 aromatic heterocycles. The van der Waals surface area contributed by atoms with Crippen LogP contribution in [-0.2, 0) is 6.54 Å². The van der Waals surface area contributed by atoms with E-state index in [4.69, 9.17) is 0 Å². The zero-order chi connectivity index (χ0) is 12.4. The summed E-state index contributed by atoms with van der Waals surface area (Å²) in [6, 6.07) is 1.73. The molecule has 1 aliphatic rings. The highest BCUT2D eigenvalue weighted by atomic mass is 19.1. The first-order valence-corrected chi connectivity index (χ1v) is 6.16. The van der Waals surface area contributed by atoms with Gasteiger partial charge in [-0.25, -0.2) is 9.37 Å². The quantitative estimate of drug-likeness (QED) is 0.872. The molecule has 1 saturated heterocycles. The zero-order valence-electron chi connectivity index (χ0n) is 10.7. The Labute approximate surface area is 102 Å². The second kappa shape index (κ2) is 5.00. The van der Waals surface area contributed by atoms with Crippen molar-refractivity contribution in [1.29, 1.82) is 0 Å². The molecule has 1 aliphatic heterocycles. The lowest BCUT2D eigenvalue weighted by molar-refractivity contribution is 0.494. The predicted molar refractivity (Wildman–Crippen MR) is 67.5 cm³/mol. The molecule has 17 heavy (non-hydrogen) atoms. The van der Waals surface area contributed by atoms with E-state index in [1.165, 1.54) is 0 Å². The normalized spacial score (nSPS) is 24.4. The molecular formula is C13H20FN3. The van der Waals surface area contributed by atoms with Crippen molar-refractivity contribution >= 4 is 5.82 Å². The fraction of sp³-hybridized carbons (Fsp3) is 0.615. The van der Waals surface area contributed by atoms with E-state index in [1.807, 2.05) is 7.05 Å². The minimum absolute atomic E-state index is 0.178. The molecule has 94 valence electrons. The van der Waals surface area contributed by atoms with Crippen LogP contribution in [-0.4, -0.2) is 25.1 Å². The largest absolute Gasteiger partial charge is 0.354 e. The second-order valence-corrected chi connectivity index (χ2v) is 5.00. The summed E-state index contributed by atoms with van der Waals surface area (Å²) in [5.41, 5.74) is 0.685. The van der Waals surface area contributed by atoms with Crippen molar-refractivity contribution in [3.63, 3.8) is 0 Å².